The summed E-state index contributed by atoms with van der Waals surface area (Å²) < 4.78 is 15.6. The Morgan fingerprint density at radius 1 is 1.17 bits per heavy atom. The SMILES string of the molecule is COC(=O)C1CCCN(C(=O)C(C)Oc2ccc(OC)cc2)C1. The smallest absolute Gasteiger partial charge is 0.310 e. The number of amides is 1. The van der Waals surface area contributed by atoms with Gasteiger partial charge in [0.25, 0.3) is 5.91 Å². The van der Waals surface area contributed by atoms with E-state index < -0.39 is 6.10 Å². The monoisotopic (exact) mass is 321 g/mol. The molecule has 0 saturated carbocycles. The molecule has 0 radical (unpaired) electrons. The molecule has 1 aliphatic rings. The third-order valence-electron chi connectivity index (χ3n) is 3.99. The highest BCUT2D eigenvalue weighted by molar-refractivity contribution is 5.82. The molecule has 2 rings (SSSR count). The standard InChI is InChI=1S/C17H23NO5/c1-12(23-15-8-6-14(21-2)7-9-15)16(19)18-10-4-5-13(11-18)17(20)22-3/h6-9,12-13H,4-5,10-11H2,1-3H3. The Kier molecular flexibility index (Phi) is 5.84. The van der Waals surface area contributed by atoms with Gasteiger partial charge >= 0.3 is 5.97 Å². The van der Waals surface area contributed by atoms with Crippen LogP contribution in [0.1, 0.15) is 19.8 Å². The van der Waals surface area contributed by atoms with Crippen LogP contribution in [-0.4, -0.2) is 50.2 Å². The molecule has 1 aromatic carbocycles. The van der Waals surface area contributed by atoms with Crippen LogP contribution in [0.15, 0.2) is 24.3 Å². The molecule has 6 heteroatoms. The molecule has 2 atom stereocenters. The van der Waals surface area contributed by atoms with Gasteiger partial charge in [0.1, 0.15) is 11.5 Å². The minimum atomic E-state index is -0.611. The largest absolute Gasteiger partial charge is 0.497 e. The van der Waals surface area contributed by atoms with Crippen molar-refractivity contribution in [3.05, 3.63) is 24.3 Å². The molecule has 0 aliphatic carbocycles. The lowest BCUT2D eigenvalue weighted by atomic mass is 9.98. The third kappa shape index (κ3) is 4.37. The molecule has 0 bridgehead atoms. The first-order valence-electron chi connectivity index (χ1n) is 7.72. The molecular formula is C17H23NO5. The van der Waals surface area contributed by atoms with Gasteiger partial charge in [-0.25, -0.2) is 0 Å². The zero-order chi connectivity index (χ0) is 16.8. The minimum Gasteiger partial charge on any atom is -0.497 e. The first-order valence-corrected chi connectivity index (χ1v) is 7.72. The minimum absolute atomic E-state index is 0.116. The lowest BCUT2D eigenvalue weighted by Crippen LogP contribution is -2.47. The van der Waals surface area contributed by atoms with E-state index in [1.54, 1.807) is 43.2 Å². The maximum absolute atomic E-state index is 12.5. The number of piperidine rings is 1. The van der Waals surface area contributed by atoms with E-state index in [4.69, 9.17) is 14.2 Å². The Bertz CT molecular complexity index is 542. The highest BCUT2D eigenvalue weighted by Crippen LogP contribution is 2.21. The number of rotatable bonds is 5. The van der Waals surface area contributed by atoms with Crippen LogP contribution in [0.5, 0.6) is 11.5 Å². The summed E-state index contributed by atoms with van der Waals surface area (Å²) in [6.45, 7) is 2.75. The van der Waals surface area contributed by atoms with Gasteiger partial charge in [-0.05, 0) is 44.0 Å². The molecule has 0 N–H and O–H groups in total. The zero-order valence-corrected chi connectivity index (χ0v) is 13.8. The average Bonchev–Trinajstić information content (AvgIpc) is 2.61. The molecule has 126 valence electrons. The van der Waals surface area contributed by atoms with Crippen LogP contribution in [0.2, 0.25) is 0 Å². The molecule has 1 aliphatic heterocycles. The number of hydrogen-bond acceptors (Lipinski definition) is 5. The van der Waals surface area contributed by atoms with Crippen LogP contribution in [0.4, 0.5) is 0 Å². The normalized spacial score (nSPS) is 18.9. The average molecular weight is 321 g/mol. The van der Waals surface area contributed by atoms with Gasteiger partial charge in [-0.1, -0.05) is 0 Å². The summed E-state index contributed by atoms with van der Waals surface area (Å²) in [5, 5.41) is 0. The summed E-state index contributed by atoms with van der Waals surface area (Å²) in [4.78, 5) is 25.8. The number of esters is 1. The van der Waals surface area contributed by atoms with Gasteiger partial charge in [0.2, 0.25) is 0 Å². The van der Waals surface area contributed by atoms with Gasteiger partial charge in [0, 0.05) is 13.1 Å². The Morgan fingerprint density at radius 2 is 1.83 bits per heavy atom. The van der Waals surface area contributed by atoms with Crippen molar-refractivity contribution in [2.75, 3.05) is 27.3 Å². The fourth-order valence-electron chi connectivity index (χ4n) is 2.70. The summed E-state index contributed by atoms with van der Waals surface area (Å²) in [5.41, 5.74) is 0. The van der Waals surface area contributed by atoms with E-state index in [1.807, 2.05) is 0 Å². The molecule has 1 fully saturated rings. The Balaban J connectivity index is 1.94. The van der Waals surface area contributed by atoms with Gasteiger partial charge < -0.3 is 19.1 Å². The maximum atomic E-state index is 12.5. The molecule has 1 amide bonds. The molecule has 1 aromatic rings. The zero-order valence-electron chi connectivity index (χ0n) is 13.8. The number of nitrogens with zero attached hydrogens (tertiary/aromatic N) is 1. The van der Waals surface area contributed by atoms with E-state index in [-0.39, 0.29) is 17.8 Å². The predicted molar refractivity (Wildman–Crippen MR) is 84.4 cm³/mol. The number of ether oxygens (including phenoxy) is 3. The van der Waals surface area contributed by atoms with E-state index in [0.717, 1.165) is 18.6 Å². The Morgan fingerprint density at radius 3 is 2.43 bits per heavy atom. The van der Waals surface area contributed by atoms with Gasteiger partial charge in [-0.2, -0.15) is 0 Å². The van der Waals surface area contributed by atoms with Crippen LogP contribution < -0.4 is 9.47 Å². The van der Waals surface area contributed by atoms with Crippen molar-refractivity contribution in [1.82, 2.24) is 4.90 Å². The van der Waals surface area contributed by atoms with Crippen molar-refractivity contribution >= 4 is 11.9 Å². The molecule has 23 heavy (non-hydrogen) atoms. The molecule has 1 saturated heterocycles. The molecular weight excluding hydrogens is 298 g/mol. The number of carbonyl (C=O) groups is 2. The van der Waals surface area contributed by atoms with Gasteiger partial charge in [-0.3, -0.25) is 9.59 Å². The van der Waals surface area contributed by atoms with Crippen molar-refractivity contribution < 1.29 is 23.8 Å². The van der Waals surface area contributed by atoms with Crippen LogP contribution in [0.25, 0.3) is 0 Å². The first kappa shape index (κ1) is 17.1. The molecule has 2 unspecified atom stereocenters. The Hall–Kier alpha value is -2.24. The number of carbonyl (C=O) groups excluding carboxylic acids is 2. The van der Waals surface area contributed by atoms with Gasteiger partial charge in [0.05, 0.1) is 20.1 Å². The second-order valence-electron chi connectivity index (χ2n) is 5.58. The van der Waals surface area contributed by atoms with Crippen LogP contribution in [-0.2, 0) is 14.3 Å². The highest BCUT2D eigenvalue weighted by atomic mass is 16.5. The predicted octanol–water partition coefficient (Wildman–Crippen LogP) is 1.87. The third-order valence-corrected chi connectivity index (χ3v) is 3.99. The van der Waals surface area contributed by atoms with E-state index >= 15 is 0 Å². The molecule has 0 aromatic heterocycles. The van der Waals surface area contributed by atoms with E-state index in [9.17, 15) is 9.59 Å². The lowest BCUT2D eigenvalue weighted by Gasteiger charge is -2.33. The van der Waals surface area contributed by atoms with Gasteiger partial charge in [0.15, 0.2) is 6.10 Å². The molecule has 0 spiro atoms. The molecule has 6 nitrogen and oxygen atoms in total. The summed E-state index contributed by atoms with van der Waals surface area (Å²) in [5.74, 6) is 0.716. The lowest BCUT2D eigenvalue weighted by molar-refractivity contribution is -0.150. The van der Waals surface area contributed by atoms with Gasteiger partial charge in [-0.15, -0.1) is 0 Å². The van der Waals surface area contributed by atoms with E-state index in [2.05, 4.69) is 0 Å². The topological polar surface area (TPSA) is 65.1 Å². The second kappa shape index (κ2) is 7.85. The van der Waals surface area contributed by atoms with Crippen molar-refractivity contribution in [3.8, 4) is 11.5 Å². The fourth-order valence-corrected chi connectivity index (χ4v) is 2.70. The first-order chi connectivity index (χ1) is 11.0. The summed E-state index contributed by atoms with van der Waals surface area (Å²) >= 11 is 0. The highest BCUT2D eigenvalue weighted by Gasteiger charge is 2.31. The number of hydrogen-bond donors (Lipinski definition) is 0. The van der Waals surface area contributed by atoms with Crippen LogP contribution in [0, 0.1) is 5.92 Å². The summed E-state index contributed by atoms with van der Waals surface area (Å²) in [6, 6.07) is 7.08. The summed E-state index contributed by atoms with van der Waals surface area (Å²) in [7, 11) is 2.97. The summed E-state index contributed by atoms with van der Waals surface area (Å²) in [6.07, 6.45) is 0.935. The van der Waals surface area contributed by atoms with E-state index in [0.29, 0.717) is 18.8 Å². The number of likely N-dealkylation sites (tertiary alicyclic amines) is 1. The second-order valence-corrected chi connectivity index (χ2v) is 5.58. The van der Waals surface area contributed by atoms with E-state index in [1.165, 1.54) is 7.11 Å². The quantitative estimate of drug-likeness (QED) is 0.775. The van der Waals surface area contributed by atoms with Crippen molar-refractivity contribution in [3.63, 3.8) is 0 Å². The number of benzene rings is 1. The molecule has 1 heterocycles. The maximum Gasteiger partial charge on any atom is 0.310 e. The van der Waals surface area contributed by atoms with Crippen LogP contribution in [0.3, 0.4) is 0 Å². The number of methoxy groups -OCH3 is 2. The van der Waals surface area contributed by atoms with Crippen molar-refractivity contribution in [2.24, 2.45) is 5.92 Å². The van der Waals surface area contributed by atoms with Crippen molar-refractivity contribution in [2.45, 2.75) is 25.9 Å². The van der Waals surface area contributed by atoms with Crippen LogP contribution >= 0.6 is 0 Å². The fraction of sp³-hybridized carbons (Fsp3) is 0.529. The Labute approximate surface area is 136 Å². The van der Waals surface area contributed by atoms with Crippen molar-refractivity contribution in [1.29, 1.82) is 0 Å².